The summed E-state index contributed by atoms with van der Waals surface area (Å²) < 4.78 is -0.207. The number of nitrogens with two attached hydrogens (primary N) is 1. The summed E-state index contributed by atoms with van der Waals surface area (Å²) in [7, 11) is 0. The largest absolute Gasteiger partial charge is 0.270 e. The highest BCUT2D eigenvalue weighted by Gasteiger charge is 2.19. The minimum Gasteiger partial charge on any atom is -0.270 e. The van der Waals surface area contributed by atoms with E-state index in [0.717, 1.165) is 6.42 Å². The van der Waals surface area contributed by atoms with Crippen LogP contribution in [0, 0.1) is 0 Å². The fraction of sp³-hybridized carbons (Fsp3) is 0.333. The molecule has 0 bridgehead atoms. The molecule has 0 aromatic carbocycles. The third-order valence-electron chi connectivity index (χ3n) is 1.26. The van der Waals surface area contributed by atoms with Crippen molar-refractivity contribution in [3.63, 3.8) is 0 Å². The predicted molar refractivity (Wildman–Crippen MR) is 49.1 cm³/mol. The first-order valence-electron chi connectivity index (χ1n) is 2.78. The zero-order valence-electron chi connectivity index (χ0n) is 5.38. The number of hydrazine groups is 1. The summed E-state index contributed by atoms with van der Waals surface area (Å²) in [6.45, 7) is 0. The van der Waals surface area contributed by atoms with E-state index in [-0.39, 0.29) is 16.9 Å². The van der Waals surface area contributed by atoms with Crippen LogP contribution in [-0.2, 0) is 0 Å². The van der Waals surface area contributed by atoms with Crippen LogP contribution in [0.25, 0.3) is 0 Å². The Kier molecular flexibility index (Phi) is 4.20. The van der Waals surface area contributed by atoms with Crippen LogP contribution in [0.5, 0.6) is 0 Å². The molecular formula is C6H10BrClN2. The van der Waals surface area contributed by atoms with E-state index >= 15 is 0 Å². The Balaban J connectivity index is 0.000000810. The van der Waals surface area contributed by atoms with Crippen LogP contribution in [0.2, 0.25) is 0 Å². The molecule has 3 N–H and O–H groups in total. The zero-order chi connectivity index (χ0) is 6.74. The first-order chi connectivity index (χ1) is 4.27. The molecule has 2 nitrogen and oxygen atoms in total. The van der Waals surface area contributed by atoms with E-state index < -0.39 is 0 Å². The number of allylic oxidation sites excluding steroid dienone is 2. The topological polar surface area (TPSA) is 38.0 Å². The van der Waals surface area contributed by atoms with Crippen molar-refractivity contribution < 1.29 is 0 Å². The summed E-state index contributed by atoms with van der Waals surface area (Å²) in [6.07, 6.45) is 8.87. The van der Waals surface area contributed by atoms with Gasteiger partial charge in [0.25, 0.3) is 0 Å². The highest BCUT2D eigenvalue weighted by atomic mass is 79.9. The fourth-order valence-corrected chi connectivity index (χ4v) is 1.04. The molecule has 0 fully saturated rings. The SMILES string of the molecule is Cl.NNC1(Br)C=CC=CC1. The number of hydrogen-bond donors (Lipinski definition) is 2. The van der Waals surface area contributed by atoms with E-state index in [0.29, 0.717) is 0 Å². The van der Waals surface area contributed by atoms with Gasteiger partial charge in [-0.3, -0.25) is 5.84 Å². The molecule has 0 saturated heterocycles. The van der Waals surface area contributed by atoms with Crippen LogP contribution in [0.4, 0.5) is 0 Å². The summed E-state index contributed by atoms with van der Waals surface area (Å²) in [5.41, 5.74) is 2.66. The van der Waals surface area contributed by atoms with Crippen LogP contribution < -0.4 is 11.3 Å². The van der Waals surface area contributed by atoms with Crippen LogP contribution in [0.3, 0.4) is 0 Å². The molecule has 0 spiro atoms. The van der Waals surface area contributed by atoms with Gasteiger partial charge in [0.15, 0.2) is 0 Å². The smallest absolute Gasteiger partial charge is 0.109 e. The third-order valence-corrected chi connectivity index (χ3v) is 2.08. The van der Waals surface area contributed by atoms with Gasteiger partial charge in [0.2, 0.25) is 0 Å². The van der Waals surface area contributed by atoms with Gasteiger partial charge in [-0.15, -0.1) is 12.4 Å². The molecule has 0 aliphatic heterocycles. The Bertz CT molecular complexity index is 158. The predicted octanol–water partition coefficient (Wildman–Crippen LogP) is 1.48. The zero-order valence-corrected chi connectivity index (χ0v) is 7.78. The first kappa shape index (κ1) is 10.2. The number of rotatable bonds is 1. The van der Waals surface area contributed by atoms with E-state index in [1.54, 1.807) is 0 Å². The van der Waals surface area contributed by atoms with Crippen molar-refractivity contribution >= 4 is 28.3 Å². The Labute approximate surface area is 75.1 Å². The van der Waals surface area contributed by atoms with E-state index in [1.807, 2.05) is 18.2 Å². The van der Waals surface area contributed by atoms with Gasteiger partial charge in [0.05, 0.1) is 0 Å². The van der Waals surface area contributed by atoms with Crippen molar-refractivity contribution in [2.45, 2.75) is 10.9 Å². The minimum absolute atomic E-state index is 0. The number of alkyl halides is 1. The van der Waals surface area contributed by atoms with Crippen LogP contribution in [0.15, 0.2) is 24.3 Å². The summed E-state index contributed by atoms with van der Waals surface area (Å²) in [5, 5.41) is 0. The standard InChI is InChI=1S/C6H9BrN2.ClH/c7-6(9-8)4-2-1-3-5-6;/h1-4,9H,5,8H2;1H. The van der Waals surface area contributed by atoms with Gasteiger partial charge < -0.3 is 0 Å². The Morgan fingerprint density at radius 2 is 2.20 bits per heavy atom. The molecule has 1 rings (SSSR count). The molecule has 0 aromatic heterocycles. The fourth-order valence-electron chi connectivity index (χ4n) is 0.701. The molecule has 0 aromatic rings. The van der Waals surface area contributed by atoms with Crippen molar-refractivity contribution in [2.75, 3.05) is 0 Å². The monoisotopic (exact) mass is 224 g/mol. The van der Waals surface area contributed by atoms with Crippen LogP contribution >= 0.6 is 28.3 Å². The highest BCUT2D eigenvalue weighted by molar-refractivity contribution is 9.10. The second-order valence-corrected chi connectivity index (χ2v) is 3.41. The Morgan fingerprint density at radius 3 is 2.50 bits per heavy atom. The van der Waals surface area contributed by atoms with Gasteiger partial charge in [-0.25, -0.2) is 5.43 Å². The lowest BCUT2D eigenvalue weighted by molar-refractivity contribution is 0.585. The number of nitrogens with one attached hydrogen (secondary N) is 1. The van der Waals surface area contributed by atoms with E-state index in [9.17, 15) is 0 Å². The summed E-state index contributed by atoms with van der Waals surface area (Å²) in [6, 6.07) is 0. The minimum atomic E-state index is -0.207. The van der Waals surface area contributed by atoms with Gasteiger partial charge >= 0.3 is 0 Å². The van der Waals surface area contributed by atoms with Gasteiger partial charge in [-0.1, -0.05) is 40.2 Å². The third kappa shape index (κ3) is 2.42. The van der Waals surface area contributed by atoms with E-state index in [2.05, 4.69) is 27.4 Å². The lowest BCUT2D eigenvalue weighted by Gasteiger charge is -2.22. The summed E-state index contributed by atoms with van der Waals surface area (Å²) in [4.78, 5) is 0. The molecule has 1 aliphatic carbocycles. The van der Waals surface area contributed by atoms with E-state index in [4.69, 9.17) is 5.84 Å². The molecule has 0 heterocycles. The number of hydrogen-bond acceptors (Lipinski definition) is 2. The molecule has 0 radical (unpaired) electrons. The molecule has 1 aliphatic rings. The Hall–Kier alpha value is 0.170. The molecule has 4 heteroatoms. The quantitative estimate of drug-likeness (QED) is 0.307. The van der Waals surface area contributed by atoms with Gasteiger partial charge in [0, 0.05) is 0 Å². The molecule has 0 amide bonds. The first-order valence-corrected chi connectivity index (χ1v) is 3.57. The molecule has 0 saturated carbocycles. The molecule has 58 valence electrons. The molecular weight excluding hydrogens is 215 g/mol. The van der Waals surface area contributed by atoms with Crippen molar-refractivity contribution in [1.29, 1.82) is 0 Å². The van der Waals surface area contributed by atoms with Crippen LogP contribution in [-0.4, -0.2) is 4.45 Å². The van der Waals surface area contributed by atoms with Crippen molar-refractivity contribution in [1.82, 2.24) is 5.43 Å². The maximum Gasteiger partial charge on any atom is 0.109 e. The Morgan fingerprint density at radius 1 is 1.50 bits per heavy atom. The summed E-state index contributed by atoms with van der Waals surface area (Å²) in [5.74, 6) is 5.26. The normalized spacial score (nSPS) is 29.8. The second kappa shape index (κ2) is 4.13. The maximum atomic E-state index is 5.26. The van der Waals surface area contributed by atoms with Gasteiger partial charge in [0.1, 0.15) is 4.45 Å². The molecule has 1 atom stereocenters. The second-order valence-electron chi connectivity index (χ2n) is 2.00. The average Bonchev–Trinajstić information content (AvgIpc) is 1.90. The molecule has 1 unspecified atom stereocenters. The maximum absolute atomic E-state index is 5.26. The summed E-state index contributed by atoms with van der Waals surface area (Å²) >= 11 is 3.42. The van der Waals surface area contributed by atoms with Crippen molar-refractivity contribution in [2.24, 2.45) is 5.84 Å². The van der Waals surface area contributed by atoms with Crippen molar-refractivity contribution in [3.05, 3.63) is 24.3 Å². The van der Waals surface area contributed by atoms with Crippen molar-refractivity contribution in [3.8, 4) is 0 Å². The lowest BCUT2D eigenvalue weighted by Crippen LogP contribution is -2.42. The van der Waals surface area contributed by atoms with Gasteiger partial charge in [-0.2, -0.15) is 0 Å². The molecule has 10 heavy (non-hydrogen) atoms. The average molecular weight is 226 g/mol. The highest BCUT2D eigenvalue weighted by Crippen LogP contribution is 2.22. The van der Waals surface area contributed by atoms with Gasteiger partial charge in [-0.05, 0) is 6.42 Å². The van der Waals surface area contributed by atoms with E-state index in [1.165, 1.54) is 0 Å². The number of halogens is 2. The van der Waals surface area contributed by atoms with Crippen LogP contribution in [0.1, 0.15) is 6.42 Å². The lowest BCUT2D eigenvalue weighted by atomic mass is 10.1.